The molecular weight excluding hydrogens is 356 g/mol. The molecule has 4 aliphatic rings. The number of nitrogens with zero attached hydrogens (tertiary/aromatic N) is 1. The van der Waals surface area contributed by atoms with Gasteiger partial charge in [0.25, 0.3) is 5.91 Å². The Morgan fingerprint density at radius 2 is 2.04 bits per heavy atom. The molecule has 2 bridgehead atoms. The summed E-state index contributed by atoms with van der Waals surface area (Å²) >= 11 is 3.49. The second-order valence-electron chi connectivity index (χ2n) is 7.33. The molecule has 2 aliphatic heterocycles. The topological polar surface area (TPSA) is 49.4 Å². The third kappa shape index (κ3) is 2.69. The molecule has 1 aromatic carbocycles. The van der Waals surface area contributed by atoms with E-state index in [2.05, 4.69) is 34.2 Å². The third-order valence-electron chi connectivity index (χ3n) is 5.55. The van der Waals surface area contributed by atoms with Crippen LogP contribution in [-0.2, 0) is 4.79 Å². The minimum atomic E-state index is -0.0146. The molecule has 2 amide bonds. The van der Waals surface area contributed by atoms with E-state index in [1.165, 1.54) is 0 Å². The van der Waals surface area contributed by atoms with Crippen molar-refractivity contribution in [3.63, 3.8) is 0 Å². The van der Waals surface area contributed by atoms with Gasteiger partial charge in [-0.25, -0.2) is 0 Å². The van der Waals surface area contributed by atoms with Crippen LogP contribution in [0.1, 0.15) is 54.4 Å². The van der Waals surface area contributed by atoms with Crippen LogP contribution in [0.3, 0.4) is 0 Å². The predicted molar refractivity (Wildman–Crippen MR) is 91.3 cm³/mol. The van der Waals surface area contributed by atoms with Gasteiger partial charge >= 0.3 is 0 Å². The molecule has 5 heteroatoms. The summed E-state index contributed by atoms with van der Waals surface area (Å²) in [5, 5.41) is 3.07. The average molecular weight is 377 g/mol. The van der Waals surface area contributed by atoms with Crippen molar-refractivity contribution < 1.29 is 9.59 Å². The highest BCUT2D eigenvalue weighted by molar-refractivity contribution is 9.10. The summed E-state index contributed by atoms with van der Waals surface area (Å²) in [7, 11) is 0. The van der Waals surface area contributed by atoms with Crippen LogP contribution in [0.2, 0.25) is 0 Å². The Morgan fingerprint density at radius 3 is 2.74 bits per heavy atom. The van der Waals surface area contributed by atoms with Gasteiger partial charge in [0, 0.05) is 22.1 Å². The smallest absolute Gasteiger partial charge is 0.254 e. The maximum atomic E-state index is 12.9. The van der Waals surface area contributed by atoms with Crippen LogP contribution in [0, 0.1) is 5.92 Å². The van der Waals surface area contributed by atoms with E-state index < -0.39 is 0 Å². The van der Waals surface area contributed by atoms with Crippen LogP contribution in [0.15, 0.2) is 22.7 Å². The molecule has 0 saturated heterocycles. The highest BCUT2D eigenvalue weighted by atomic mass is 79.9. The SMILES string of the molecule is CC1CC(NC(=O)CN2C(=O)c3ccc(Br)cc3C3CC2C3)C1. The zero-order valence-electron chi connectivity index (χ0n) is 13.2. The van der Waals surface area contributed by atoms with Crippen LogP contribution < -0.4 is 5.32 Å². The molecule has 0 aromatic heterocycles. The first-order valence-corrected chi connectivity index (χ1v) is 9.20. The van der Waals surface area contributed by atoms with E-state index in [0.29, 0.717) is 17.9 Å². The van der Waals surface area contributed by atoms with Crippen molar-refractivity contribution in [3.8, 4) is 0 Å². The highest BCUT2D eigenvalue weighted by Gasteiger charge is 2.43. The molecule has 2 fully saturated rings. The monoisotopic (exact) mass is 376 g/mol. The van der Waals surface area contributed by atoms with Gasteiger partial charge in [0.05, 0.1) is 0 Å². The first kappa shape index (κ1) is 15.2. The van der Waals surface area contributed by atoms with Crippen molar-refractivity contribution in [3.05, 3.63) is 33.8 Å². The van der Waals surface area contributed by atoms with Crippen molar-refractivity contribution in [2.45, 2.75) is 50.6 Å². The van der Waals surface area contributed by atoms with Crippen LogP contribution in [-0.4, -0.2) is 35.3 Å². The zero-order valence-corrected chi connectivity index (χ0v) is 14.8. The molecule has 5 rings (SSSR count). The van der Waals surface area contributed by atoms with Crippen molar-refractivity contribution in [1.82, 2.24) is 10.2 Å². The van der Waals surface area contributed by atoms with Gasteiger partial charge < -0.3 is 10.2 Å². The number of carbonyl (C=O) groups is 2. The first-order valence-electron chi connectivity index (χ1n) is 8.41. The largest absolute Gasteiger partial charge is 0.352 e. The molecule has 23 heavy (non-hydrogen) atoms. The summed E-state index contributed by atoms with van der Waals surface area (Å²) in [6, 6.07) is 6.38. The van der Waals surface area contributed by atoms with E-state index in [-0.39, 0.29) is 24.4 Å². The van der Waals surface area contributed by atoms with E-state index >= 15 is 0 Å². The second kappa shape index (κ2) is 5.62. The number of hydrogen-bond acceptors (Lipinski definition) is 2. The Labute approximate surface area is 144 Å². The molecule has 1 aromatic rings. The lowest BCUT2D eigenvalue weighted by Crippen LogP contribution is -2.52. The molecule has 4 nitrogen and oxygen atoms in total. The fourth-order valence-electron chi connectivity index (χ4n) is 4.13. The van der Waals surface area contributed by atoms with E-state index in [9.17, 15) is 9.59 Å². The van der Waals surface area contributed by atoms with Gasteiger partial charge in [-0.05, 0) is 61.3 Å². The van der Waals surface area contributed by atoms with E-state index in [0.717, 1.165) is 41.3 Å². The lowest BCUT2D eigenvalue weighted by molar-refractivity contribution is -0.124. The van der Waals surface area contributed by atoms with Crippen LogP contribution in [0.4, 0.5) is 0 Å². The van der Waals surface area contributed by atoms with Crippen LogP contribution in [0.25, 0.3) is 0 Å². The molecule has 1 N–H and O–H groups in total. The molecule has 2 saturated carbocycles. The molecule has 0 unspecified atom stereocenters. The zero-order chi connectivity index (χ0) is 16.1. The summed E-state index contributed by atoms with van der Waals surface area (Å²) in [6.07, 6.45) is 4.07. The molecule has 0 atom stereocenters. The summed E-state index contributed by atoms with van der Waals surface area (Å²) in [5.41, 5.74) is 1.90. The molecule has 2 aliphatic carbocycles. The number of benzene rings is 1. The Hall–Kier alpha value is -1.36. The highest BCUT2D eigenvalue weighted by Crippen LogP contribution is 2.45. The fourth-order valence-corrected chi connectivity index (χ4v) is 4.51. The number of rotatable bonds is 3. The van der Waals surface area contributed by atoms with E-state index in [1.807, 2.05) is 12.1 Å². The molecule has 0 spiro atoms. The van der Waals surface area contributed by atoms with Crippen molar-refractivity contribution in [1.29, 1.82) is 0 Å². The number of amides is 2. The number of nitrogens with one attached hydrogen (secondary N) is 1. The summed E-state index contributed by atoms with van der Waals surface area (Å²) in [4.78, 5) is 27.0. The normalized spacial score (nSPS) is 31.6. The van der Waals surface area contributed by atoms with Gasteiger partial charge in [-0.2, -0.15) is 0 Å². The van der Waals surface area contributed by atoms with Crippen LogP contribution >= 0.6 is 15.9 Å². The van der Waals surface area contributed by atoms with Crippen molar-refractivity contribution in [2.24, 2.45) is 5.92 Å². The standard InChI is InChI=1S/C18H21BrN2O2/c1-10-4-13(5-10)20-17(22)9-21-14-6-11(7-14)16-8-12(19)2-3-15(16)18(21)23/h2-3,8,10-11,13-14H,4-7,9H2,1H3,(H,20,22). The second-order valence-corrected chi connectivity index (χ2v) is 8.24. The maximum absolute atomic E-state index is 12.9. The Kier molecular flexibility index (Phi) is 3.71. The van der Waals surface area contributed by atoms with Gasteiger partial charge in [-0.3, -0.25) is 9.59 Å². The van der Waals surface area contributed by atoms with Gasteiger partial charge in [0.15, 0.2) is 0 Å². The molecule has 122 valence electrons. The quantitative estimate of drug-likeness (QED) is 0.880. The van der Waals surface area contributed by atoms with Crippen molar-refractivity contribution >= 4 is 27.7 Å². The van der Waals surface area contributed by atoms with Gasteiger partial charge in [0.2, 0.25) is 5.91 Å². The minimum absolute atomic E-state index is 0.00891. The molecule has 0 radical (unpaired) electrons. The summed E-state index contributed by atoms with van der Waals surface area (Å²) < 4.78 is 1.01. The fraction of sp³-hybridized carbons (Fsp3) is 0.556. The molecular formula is C18H21BrN2O2. The molecule has 2 heterocycles. The number of hydrogen-bond donors (Lipinski definition) is 1. The maximum Gasteiger partial charge on any atom is 0.254 e. The van der Waals surface area contributed by atoms with Crippen molar-refractivity contribution in [2.75, 3.05) is 6.54 Å². The summed E-state index contributed by atoms with van der Waals surface area (Å²) in [6.45, 7) is 2.39. The van der Waals surface area contributed by atoms with Crippen LogP contribution in [0.5, 0.6) is 0 Å². The number of carbonyl (C=O) groups excluding carboxylic acids is 2. The number of fused-ring (bicyclic) bond motifs is 1. The third-order valence-corrected chi connectivity index (χ3v) is 6.04. The lowest BCUT2D eigenvalue weighted by atomic mass is 9.76. The Bertz CT molecular complexity index is 663. The van der Waals surface area contributed by atoms with Gasteiger partial charge in [-0.15, -0.1) is 0 Å². The van der Waals surface area contributed by atoms with E-state index in [1.54, 1.807) is 4.90 Å². The average Bonchev–Trinajstić information content (AvgIpc) is 2.58. The van der Waals surface area contributed by atoms with E-state index in [4.69, 9.17) is 0 Å². The van der Waals surface area contributed by atoms with Gasteiger partial charge in [-0.1, -0.05) is 22.9 Å². The lowest BCUT2D eigenvalue weighted by Gasteiger charge is -2.40. The number of halogens is 1. The summed E-state index contributed by atoms with van der Waals surface area (Å²) in [5.74, 6) is 1.16. The Morgan fingerprint density at radius 1 is 1.30 bits per heavy atom. The Balaban J connectivity index is 1.50. The van der Waals surface area contributed by atoms with Gasteiger partial charge in [0.1, 0.15) is 6.54 Å². The minimum Gasteiger partial charge on any atom is -0.352 e. The predicted octanol–water partition coefficient (Wildman–Crippen LogP) is 3.07. The first-order chi connectivity index (χ1) is 11.0.